The van der Waals surface area contributed by atoms with Gasteiger partial charge in [-0.1, -0.05) is 65.5 Å². The van der Waals surface area contributed by atoms with E-state index >= 15 is 0 Å². The molecule has 4 rings (SSSR count). The van der Waals surface area contributed by atoms with Gasteiger partial charge in [-0.05, 0) is 112 Å². The Morgan fingerprint density at radius 1 is 0.968 bits per heavy atom. The molecule has 0 bridgehead atoms. The van der Waals surface area contributed by atoms with Crippen LogP contribution in [0.4, 0.5) is 0 Å². The normalized spacial score (nSPS) is 45.6. The van der Waals surface area contributed by atoms with E-state index in [2.05, 4.69) is 54.5 Å². The minimum atomic E-state index is 0.0833. The van der Waals surface area contributed by atoms with Crippen LogP contribution in [-0.4, -0.2) is 12.2 Å². The topological polar surface area (TPSA) is 9.23 Å². The van der Waals surface area contributed by atoms with Gasteiger partial charge in [-0.3, -0.25) is 0 Å². The summed E-state index contributed by atoms with van der Waals surface area (Å²) in [4.78, 5) is 0. The molecule has 4 aliphatic rings. The molecule has 4 aliphatic carbocycles. The SMILES string of the molecule is CCOC1(C)CCC2(C)C(=CCC3C2CCC2(C)C(C(C)CCCC(C)C)CCC32)C1. The van der Waals surface area contributed by atoms with Crippen molar-refractivity contribution in [1.29, 1.82) is 0 Å². The zero-order chi connectivity index (χ0) is 22.4. The lowest BCUT2D eigenvalue weighted by atomic mass is 9.46. The lowest BCUT2D eigenvalue weighted by Crippen LogP contribution is -2.52. The van der Waals surface area contributed by atoms with E-state index in [4.69, 9.17) is 4.74 Å². The standard InChI is InChI=1S/C30H52O/c1-8-31-28(5)18-19-29(6)23(20-28)12-13-24-26-15-14-25(22(4)11-9-10-21(2)3)30(26,7)17-16-27(24)29/h12,21-22,24-27H,8-11,13-20H2,1-7H3. The molecule has 178 valence electrons. The number of fused-ring (bicyclic) bond motifs is 5. The summed E-state index contributed by atoms with van der Waals surface area (Å²) in [5, 5.41) is 0. The van der Waals surface area contributed by atoms with Gasteiger partial charge < -0.3 is 4.74 Å². The van der Waals surface area contributed by atoms with E-state index in [0.29, 0.717) is 10.8 Å². The Kier molecular flexibility index (Phi) is 6.78. The molecule has 1 nitrogen and oxygen atoms in total. The van der Waals surface area contributed by atoms with Gasteiger partial charge in [0, 0.05) is 6.61 Å². The monoisotopic (exact) mass is 428 g/mol. The second-order valence-electron chi connectivity index (χ2n) is 13.3. The highest BCUT2D eigenvalue weighted by atomic mass is 16.5. The Balaban J connectivity index is 1.49. The molecule has 0 N–H and O–H groups in total. The lowest BCUT2D eigenvalue weighted by molar-refractivity contribution is -0.0904. The van der Waals surface area contributed by atoms with Gasteiger partial charge in [-0.15, -0.1) is 0 Å². The first-order valence-electron chi connectivity index (χ1n) is 14.0. The predicted octanol–water partition coefficient (Wildman–Crippen LogP) is 8.82. The Labute approximate surface area is 194 Å². The first kappa shape index (κ1) is 23.8. The first-order valence-corrected chi connectivity index (χ1v) is 14.0. The number of hydrogen-bond donors (Lipinski definition) is 0. The summed E-state index contributed by atoms with van der Waals surface area (Å²) >= 11 is 0. The van der Waals surface area contributed by atoms with Crippen LogP contribution in [0.2, 0.25) is 0 Å². The van der Waals surface area contributed by atoms with E-state index in [9.17, 15) is 0 Å². The minimum Gasteiger partial charge on any atom is -0.375 e. The van der Waals surface area contributed by atoms with Gasteiger partial charge in [0.05, 0.1) is 5.60 Å². The average Bonchev–Trinajstić information content (AvgIpc) is 3.06. The van der Waals surface area contributed by atoms with Crippen molar-refractivity contribution in [2.75, 3.05) is 6.61 Å². The largest absolute Gasteiger partial charge is 0.375 e. The van der Waals surface area contributed by atoms with Crippen LogP contribution >= 0.6 is 0 Å². The highest BCUT2D eigenvalue weighted by Gasteiger charge is 2.59. The van der Waals surface area contributed by atoms with Crippen LogP contribution in [0.1, 0.15) is 119 Å². The summed E-state index contributed by atoms with van der Waals surface area (Å²) in [5.41, 5.74) is 2.90. The molecule has 3 fully saturated rings. The zero-order valence-electron chi connectivity index (χ0n) is 21.9. The Hall–Kier alpha value is -0.300. The van der Waals surface area contributed by atoms with Gasteiger partial charge in [-0.25, -0.2) is 0 Å². The van der Waals surface area contributed by atoms with Crippen molar-refractivity contribution in [1.82, 2.24) is 0 Å². The van der Waals surface area contributed by atoms with Crippen molar-refractivity contribution >= 4 is 0 Å². The van der Waals surface area contributed by atoms with Crippen molar-refractivity contribution in [3.8, 4) is 0 Å². The van der Waals surface area contributed by atoms with Gasteiger partial charge in [0.15, 0.2) is 0 Å². The van der Waals surface area contributed by atoms with Crippen molar-refractivity contribution in [3.63, 3.8) is 0 Å². The molecule has 1 heteroatoms. The van der Waals surface area contributed by atoms with E-state index in [1.54, 1.807) is 5.57 Å². The maximum atomic E-state index is 6.23. The van der Waals surface area contributed by atoms with Gasteiger partial charge in [0.25, 0.3) is 0 Å². The quantitative estimate of drug-likeness (QED) is 0.368. The highest BCUT2D eigenvalue weighted by Crippen LogP contribution is 2.67. The fourth-order valence-corrected chi connectivity index (χ4v) is 9.29. The Morgan fingerprint density at radius 2 is 1.74 bits per heavy atom. The lowest BCUT2D eigenvalue weighted by Gasteiger charge is -2.59. The van der Waals surface area contributed by atoms with Crippen LogP contribution in [0.15, 0.2) is 11.6 Å². The maximum Gasteiger partial charge on any atom is 0.0691 e. The van der Waals surface area contributed by atoms with Gasteiger partial charge in [0.1, 0.15) is 0 Å². The van der Waals surface area contributed by atoms with Crippen LogP contribution < -0.4 is 0 Å². The van der Waals surface area contributed by atoms with Crippen molar-refractivity contribution in [2.45, 2.75) is 125 Å². The number of allylic oxidation sites excluding steroid dienone is 1. The molecule has 0 aromatic carbocycles. The van der Waals surface area contributed by atoms with Gasteiger partial charge in [-0.2, -0.15) is 0 Å². The van der Waals surface area contributed by atoms with Crippen LogP contribution in [0.25, 0.3) is 0 Å². The number of ether oxygens (including phenoxy) is 1. The molecule has 0 radical (unpaired) electrons. The summed E-state index contributed by atoms with van der Waals surface area (Å²) < 4.78 is 6.23. The Bertz CT molecular complexity index is 663. The van der Waals surface area contributed by atoms with Crippen molar-refractivity contribution in [2.24, 2.45) is 46.3 Å². The molecule has 0 aromatic heterocycles. The summed E-state index contributed by atoms with van der Waals surface area (Å²) in [6, 6.07) is 0. The van der Waals surface area contributed by atoms with Gasteiger partial charge >= 0.3 is 0 Å². The molecule has 0 saturated heterocycles. The minimum absolute atomic E-state index is 0.0833. The van der Waals surface area contributed by atoms with Crippen LogP contribution in [0, 0.1) is 46.3 Å². The summed E-state index contributed by atoms with van der Waals surface area (Å²) in [5.74, 6) is 5.58. The summed E-state index contributed by atoms with van der Waals surface area (Å²) in [7, 11) is 0. The molecule has 0 heterocycles. The third-order valence-corrected chi connectivity index (χ3v) is 11.1. The van der Waals surface area contributed by atoms with Crippen molar-refractivity contribution < 1.29 is 4.74 Å². The summed E-state index contributed by atoms with van der Waals surface area (Å²) in [6.45, 7) is 18.1. The zero-order valence-corrected chi connectivity index (χ0v) is 21.9. The molecule has 3 saturated carbocycles. The van der Waals surface area contributed by atoms with E-state index < -0.39 is 0 Å². The van der Waals surface area contributed by atoms with Crippen LogP contribution in [-0.2, 0) is 4.74 Å². The molecule has 0 spiro atoms. The molecule has 0 aromatic rings. The van der Waals surface area contributed by atoms with E-state index in [0.717, 1.165) is 42.1 Å². The third-order valence-electron chi connectivity index (χ3n) is 11.1. The summed E-state index contributed by atoms with van der Waals surface area (Å²) in [6.07, 6.45) is 18.1. The fourth-order valence-electron chi connectivity index (χ4n) is 9.29. The van der Waals surface area contributed by atoms with E-state index in [1.807, 2.05) is 0 Å². The predicted molar refractivity (Wildman–Crippen MR) is 133 cm³/mol. The molecule has 0 amide bonds. The number of rotatable bonds is 7. The molecular formula is C30H52O. The second-order valence-corrected chi connectivity index (χ2v) is 13.3. The molecular weight excluding hydrogens is 376 g/mol. The van der Waals surface area contributed by atoms with Crippen molar-refractivity contribution in [3.05, 3.63) is 11.6 Å². The average molecular weight is 429 g/mol. The third kappa shape index (κ3) is 4.20. The van der Waals surface area contributed by atoms with Crippen LogP contribution in [0.5, 0.6) is 0 Å². The molecule has 8 atom stereocenters. The van der Waals surface area contributed by atoms with Gasteiger partial charge in [0.2, 0.25) is 0 Å². The number of hydrogen-bond acceptors (Lipinski definition) is 1. The van der Waals surface area contributed by atoms with Crippen LogP contribution in [0.3, 0.4) is 0 Å². The first-order chi connectivity index (χ1) is 14.6. The molecule has 31 heavy (non-hydrogen) atoms. The maximum absolute atomic E-state index is 6.23. The highest BCUT2D eigenvalue weighted by molar-refractivity contribution is 5.27. The Morgan fingerprint density at radius 3 is 2.45 bits per heavy atom. The van der Waals surface area contributed by atoms with E-state index in [1.165, 1.54) is 70.6 Å². The smallest absolute Gasteiger partial charge is 0.0691 e. The fraction of sp³-hybridized carbons (Fsp3) is 0.933. The molecule has 8 unspecified atom stereocenters. The molecule has 0 aliphatic heterocycles. The van der Waals surface area contributed by atoms with E-state index in [-0.39, 0.29) is 5.60 Å². The second kappa shape index (κ2) is 8.81.